The summed E-state index contributed by atoms with van der Waals surface area (Å²) in [5, 5.41) is 2.94. The summed E-state index contributed by atoms with van der Waals surface area (Å²) in [4.78, 5) is 0. The third kappa shape index (κ3) is 3.31. The predicted octanol–water partition coefficient (Wildman–Crippen LogP) is 2.87. The van der Waals surface area contributed by atoms with Crippen molar-refractivity contribution in [1.29, 1.82) is 0 Å². The van der Waals surface area contributed by atoms with Crippen molar-refractivity contribution < 1.29 is 13.5 Å². The molecule has 1 N–H and O–H groups in total. The Labute approximate surface area is 93.9 Å². The number of ether oxygens (including phenoxy) is 1. The van der Waals surface area contributed by atoms with Crippen molar-refractivity contribution in [3.63, 3.8) is 0 Å². The number of hydrogen-bond donors (Lipinski definition) is 1. The fourth-order valence-corrected chi connectivity index (χ4v) is 1.34. The summed E-state index contributed by atoms with van der Waals surface area (Å²) in [6.07, 6.45) is 1.14. The molecule has 0 amide bonds. The molecule has 0 bridgehead atoms. The molecule has 4 heteroatoms. The molecule has 16 heavy (non-hydrogen) atoms. The van der Waals surface area contributed by atoms with Gasteiger partial charge in [0.25, 0.3) is 6.43 Å². The lowest BCUT2D eigenvalue weighted by Gasteiger charge is -2.08. The molecule has 0 radical (unpaired) electrons. The zero-order valence-corrected chi connectivity index (χ0v) is 9.34. The largest absolute Gasteiger partial charge is 0.496 e. The van der Waals surface area contributed by atoms with Gasteiger partial charge in [-0.1, -0.05) is 18.2 Å². The number of halogens is 2. The first-order valence-corrected chi connectivity index (χ1v) is 4.96. The lowest BCUT2D eigenvalue weighted by atomic mass is 10.1. The van der Waals surface area contributed by atoms with Crippen LogP contribution in [-0.2, 0) is 0 Å². The molecule has 2 nitrogen and oxygen atoms in total. The Morgan fingerprint density at radius 2 is 2.19 bits per heavy atom. The minimum Gasteiger partial charge on any atom is -0.496 e. The normalized spacial score (nSPS) is 11.3. The average Bonchev–Trinajstić information content (AvgIpc) is 2.29. The van der Waals surface area contributed by atoms with Crippen molar-refractivity contribution >= 4 is 6.08 Å². The van der Waals surface area contributed by atoms with Crippen LogP contribution in [0, 0.1) is 0 Å². The van der Waals surface area contributed by atoms with Crippen LogP contribution in [0.4, 0.5) is 8.78 Å². The average molecular weight is 227 g/mol. The van der Waals surface area contributed by atoms with Crippen LogP contribution in [0.3, 0.4) is 0 Å². The number of alkyl halides is 2. The molecule has 0 saturated heterocycles. The third-order valence-electron chi connectivity index (χ3n) is 2.12. The SMILES string of the molecule is CNCC=Cc1ccc(OC)c(C(F)F)c1. The second kappa shape index (κ2) is 6.23. The summed E-state index contributed by atoms with van der Waals surface area (Å²) in [7, 11) is 3.21. The quantitative estimate of drug-likeness (QED) is 0.835. The Balaban J connectivity index is 2.93. The molecule has 0 saturated carbocycles. The molecular formula is C12H15F2NO. The van der Waals surface area contributed by atoms with Gasteiger partial charge < -0.3 is 10.1 Å². The van der Waals surface area contributed by atoms with Crippen LogP contribution in [0.1, 0.15) is 17.6 Å². The smallest absolute Gasteiger partial charge is 0.267 e. The first kappa shape index (κ1) is 12.6. The highest BCUT2D eigenvalue weighted by atomic mass is 19.3. The maximum atomic E-state index is 12.7. The molecule has 0 atom stereocenters. The first-order chi connectivity index (χ1) is 7.69. The molecule has 0 aliphatic rings. The number of rotatable bonds is 5. The lowest BCUT2D eigenvalue weighted by molar-refractivity contribution is 0.147. The number of nitrogens with one attached hydrogen (secondary N) is 1. The van der Waals surface area contributed by atoms with Crippen LogP contribution in [0.5, 0.6) is 5.75 Å². The summed E-state index contributed by atoms with van der Waals surface area (Å²) in [6, 6.07) is 4.74. The Hall–Kier alpha value is -1.42. The first-order valence-electron chi connectivity index (χ1n) is 4.96. The van der Waals surface area contributed by atoms with Gasteiger partial charge in [0.2, 0.25) is 0 Å². The predicted molar refractivity (Wildman–Crippen MR) is 60.9 cm³/mol. The standard InChI is InChI=1S/C12H15F2NO/c1-15-7-3-4-9-5-6-11(16-2)10(8-9)12(13)14/h3-6,8,12,15H,7H2,1-2H3. The summed E-state index contributed by atoms with van der Waals surface area (Å²) in [6.45, 7) is 0.704. The Kier molecular flexibility index (Phi) is 4.92. The molecule has 88 valence electrons. The summed E-state index contributed by atoms with van der Waals surface area (Å²) in [5.74, 6) is 0.223. The van der Waals surface area contributed by atoms with E-state index in [1.807, 2.05) is 13.1 Å². The van der Waals surface area contributed by atoms with Gasteiger partial charge in [0.05, 0.1) is 12.7 Å². The Morgan fingerprint density at radius 3 is 2.75 bits per heavy atom. The van der Waals surface area contributed by atoms with E-state index >= 15 is 0 Å². The van der Waals surface area contributed by atoms with Crippen LogP contribution in [0.25, 0.3) is 6.08 Å². The van der Waals surface area contributed by atoms with Gasteiger partial charge in [-0.15, -0.1) is 0 Å². The molecule has 1 aromatic rings. The van der Waals surface area contributed by atoms with E-state index in [9.17, 15) is 8.78 Å². The van der Waals surface area contributed by atoms with Crippen LogP contribution in [0.2, 0.25) is 0 Å². The van der Waals surface area contributed by atoms with Crippen LogP contribution >= 0.6 is 0 Å². The van der Waals surface area contributed by atoms with Crippen molar-refractivity contribution in [3.8, 4) is 5.75 Å². The monoisotopic (exact) mass is 227 g/mol. The zero-order chi connectivity index (χ0) is 12.0. The van der Waals surface area contributed by atoms with Crippen molar-refractivity contribution in [2.24, 2.45) is 0 Å². The van der Waals surface area contributed by atoms with Gasteiger partial charge in [0.15, 0.2) is 0 Å². The topological polar surface area (TPSA) is 21.3 Å². The van der Waals surface area contributed by atoms with Gasteiger partial charge in [-0.25, -0.2) is 8.78 Å². The van der Waals surface area contributed by atoms with Gasteiger partial charge in [0.1, 0.15) is 5.75 Å². The van der Waals surface area contributed by atoms with E-state index in [0.29, 0.717) is 6.54 Å². The molecule has 0 heterocycles. The summed E-state index contributed by atoms with van der Waals surface area (Å²) < 4.78 is 30.2. The minimum absolute atomic E-state index is 0.0749. The third-order valence-corrected chi connectivity index (χ3v) is 2.12. The molecule has 1 aromatic carbocycles. The van der Waals surface area contributed by atoms with E-state index in [4.69, 9.17) is 4.74 Å². The molecule has 1 rings (SSSR count). The zero-order valence-electron chi connectivity index (χ0n) is 9.34. The molecule has 0 aliphatic carbocycles. The number of likely N-dealkylation sites (N-methyl/N-ethyl adjacent to an activating group) is 1. The second-order valence-electron chi connectivity index (χ2n) is 3.26. The van der Waals surface area contributed by atoms with E-state index in [-0.39, 0.29) is 11.3 Å². The van der Waals surface area contributed by atoms with E-state index in [0.717, 1.165) is 5.56 Å². The summed E-state index contributed by atoms with van der Waals surface area (Å²) in [5.41, 5.74) is 0.667. The lowest BCUT2D eigenvalue weighted by Crippen LogP contribution is -2.03. The van der Waals surface area contributed by atoms with Gasteiger partial charge in [0, 0.05) is 6.54 Å². The van der Waals surface area contributed by atoms with Gasteiger partial charge in [-0.05, 0) is 24.7 Å². The fraction of sp³-hybridized carbons (Fsp3) is 0.333. The highest BCUT2D eigenvalue weighted by Gasteiger charge is 2.13. The minimum atomic E-state index is -2.52. The van der Waals surface area contributed by atoms with E-state index in [1.54, 1.807) is 18.2 Å². The van der Waals surface area contributed by atoms with Crippen molar-refractivity contribution in [3.05, 3.63) is 35.4 Å². The van der Waals surface area contributed by atoms with Crippen LogP contribution in [0.15, 0.2) is 24.3 Å². The van der Waals surface area contributed by atoms with Gasteiger partial charge >= 0.3 is 0 Å². The van der Waals surface area contributed by atoms with Crippen molar-refractivity contribution in [2.75, 3.05) is 20.7 Å². The number of methoxy groups -OCH3 is 1. The molecule has 0 unspecified atom stereocenters. The molecule has 0 fully saturated rings. The highest BCUT2D eigenvalue weighted by Crippen LogP contribution is 2.29. The van der Waals surface area contributed by atoms with E-state index < -0.39 is 6.43 Å². The Morgan fingerprint density at radius 1 is 1.44 bits per heavy atom. The second-order valence-corrected chi connectivity index (χ2v) is 3.26. The van der Waals surface area contributed by atoms with Crippen molar-refractivity contribution in [1.82, 2.24) is 5.32 Å². The molecular weight excluding hydrogens is 212 g/mol. The van der Waals surface area contributed by atoms with Crippen LogP contribution < -0.4 is 10.1 Å². The molecule has 0 aliphatic heterocycles. The van der Waals surface area contributed by atoms with Crippen molar-refractivity contribution in [2.45, 2.75) is 6.43 Å². The molecule has 0 aromatic heterocycles. The van der Waals surface area contributed by atoms with E-state index in [2.05, 4.69) is 5.32 Å². The summed E-state index contributed by atoms with van der Waals surface area (Å²) >= 11 is 0. The highest BCUT2D eigenvalue weighted by molar-refractivity contribution is 5.53. The van der Waals surface area contributed by atoms with Crippen LogP contribution in [-0.4, -0.2) is 20.7 Å². The van der Waals surface area contributed by atoms with Gasteiger partial charge in [-0.3, -0.25) is 0 Å². The maximum absolute atomic E-state index is 12.7. The van der Waals surface area contributed by atoms with E-state index in [1.165, 1.54) is 13.2 Å². The number of hydrogen-bond acceptors (Lipinski definition) is 2. The maximum Gasteiger partial charge on any atom is 0.267 e. The number of benzene rings is 1. The Bertz CT molecular complexity index is 364. The fourth-order valence-electron chi connectivity index (χ4n) is 1.34. The molecule has 0 spiro atoms. The van der Waals surface area contributed by atoms with Gasteiger partial charge in [-0.2, -0.15) is 0 Å².